The molecule has 0 fully saturated rings. The summed E-state index contributed by atoms with van der Waals surface area (Å²) in [6, 6.07) is 3.69. The van der Waals surface area contributed by atoms with Gasteiger partial charge in [0.25, 0.3) is 0 Å². The van der Waals surface area contributed by atoms with Crippen LogP contribution in [-0.4, -0.2) is 12.1 Å². The van der Waals surface area contributed by atoms with Gasteiger partial charge in [-0.25, -0.2) is 4.98 Å². The number of nitrogens with two attached hydrogens (primary N) is 1. The molecule has 1 aromatic rings. The molecule has 0 aliphatic rings. The lowest BCUT2D eigenvalue weighted by atomic mass is 10.3. The van der Waals surface area contributed by atoms with Crippen LogP contribution in [0, 0.1) is 0 Å². The summed E-state index contributed by atoms with van der Waals surface area (Å²) >= 11 is 0. The summed E-state index contributed by atoms with van der Waals surface area (Å²) in [7, 11) is 1.59. The molecule has 0 amide bonds. The Morgan fingerprint density at radius 1 is 1.55 bits per heavy atom. The molecule has 0 bridgehead atoms. The van der Waals surface area contributed by atoms with Gasteiger partial charge < -0.3 is 16.6 Å². The molecule has 1 heterocycles. The summed E-state index contributed by atoms with van der Waals surface area (Å²) in [4.78, 5) is 3.97. The molecule has 4 heteroatoms. The number of aromatic nitrogens is 1. The van der Waals surface area contributed by atoms with Gasteiger partial charge in [-0.3, -0.25) is 0 Å². The number of hydrogen-bond acceptors (Lipinski definition) is 4. The Balaban J connectivity index is 0.000001000. The lowest BCUT2D eigenvalue weighted by molar-refractivity contribution is 0.397. The first-order chi connectivity index (χ1) is 4.86. The van der Waals surface area contributed by atoms with Crippen LogP contribution < -0.4 is 16.6 Å². The van der Waals surface area contributed by atoms with Gasteiger partial charge in [-0.1, -0.05) is 6.07 Å². The zero-order valence-electron chi connectivity index (χ0n) is 6.58. The van der Waals surface area contributed by atoms with Gasteiger partial charge in [0.15, 0.2) is 0 Å². The Morgan fingerprint density at radius 2 is 2.27 bits per heavy atom. The quantitative estimate of drug-likeness (QED) is 0.658. The normalized spacial score (nSPS) is 8.55. The number of hydrogen-bond donors (Lipinski definition) is 2. The van der Waals surface area contributed by atoms with Gasteiger partial charge in [0, 0.05) is 18.8 Å². The van der Waals surface area contributed by atoms with Crippen molar-refractivity contribution in [1.29, 1.82) is 0 Å². The van der Waals surface area contributed by atoms with Gasteiger partial charge in [0.2, 0.25) is 5.88 Å². The molecule has 11 heavy (non-hydrogen) atoms. The second kappa shape index (κ2) is 4.65. The summed E-state index contributed by atoms with van der Waals surface area (Å²) in [5.41, 5.74) is 6.38. The lowest BCUT2D eigenvalue weighted by Gasteiger charge is -1.98. The Bertz CT molecular complexity index is 174. The van der Waals surface area contributed by atoms with Crippen molar-refractivity contribution in [3.8, 4) is 5.88 Å². The average Bonchev–Trinajstić information content (AvgIpc) is 2.05. The predicted molar refractivity (Wildman–Crippen MR) is 43.7 cm³/mol. The third kappa shape index (κ3) is 2.53. The van der Waals surface area contributed by atoms with Crippen molar-refractivity contribution in [2.75, 3.05) is 7.11 Å². The van der Waals surface area contributed by atoms with E-state index in [0.717, 1.165) is 5.56 Å². The summed E-state index contributed by atoms with van der Waals surface area (Å²) < 4.78 is 4.86. The van der Waals surface area contributed by atoms with E-state index in [1.54, 1.807) is 19.4 Å². The van der Waals surface area contributed by atoms with E-state index in [4.69, 9.17) is 10.5 Å². The Kier molecular flexibility index (Phi) is 4.17. The minimum absolute atomic E-state index is 0. The van der Waals surface area contributed by atoms with Gasteiger partial charge >= 0.3 is 0 Å². The number of nitrogens with zero attached hydrogens (tertiary/aromatic N) is 1. The molecule has 0 atom stereocenters. The fraction of sp³-hybridized carbons (Fsp3) is 0.286. The molecule has 0 unspecified atom stereocenters. The molecule has 0 saturated carbocycles. The van der Waals surface area contributed by atoms with Crippen molar-refractivity contribution in [2.24, 2.45) is 5.73 Å². The maximum absolute atomic E-state index is 5.36. The smallest absolute Gasteiger partial charge is 0.212 e. The zero-order chi connectivity index (χ0) is 7.40. The molecule has 0 aliphatic carbocycles. The number of ether oxygens (including phenoxy) is 1. The van der Waals surface area contributed by atoms with E-state index < -0.39 is 0 Å². The van der Waals surface area contributed by atoms with Crippen molar-refractivity contribution in [2.45, 2.75) is 6.54 Å². The van der Waals surface area contributed by atoms with Crippen LogP contribution >= 0.6 is 0 Å². The van der Waals surface area contributed by atoms with E-state index in [-0.39, 0.29) is 6.15 Å². The molecule has 4 nitrogen and oxygen atoms in total. The summed E-state index contributed by atoms with van der Waals surface area (Å²) in [6.07, 6.45) is 1.71. The van der Waals surface area contributed by atoms with Gasteiger partial charge in [0.1, 0.15) is 0 Å². The van der Waals surface area contributed by atoms with Crippen molar-refractivity contribution in [3.63, 3.8) is 0 Å². The van der Waals surface area contributed by atoms with E-state index in [0.29, 0.717) is 12.4 Å². The van der Waals surface area contributed by atoms with Crippen LogP contribution in [0.1, 0.15) is 5.56 Å². The number of rotatable bonds is 2. The van der Waals surface area contributed by atoms with Crippen molar-refractivity contribution in [3.05, 3.63) is 23.9 Å². The first-order valence-electron chi connectivity index (χ1n) is 3.06. The minimum Gasteiger partial charge on any atom is -0.481 e. The molecular weight excluding hydrogens is 142 g/mol. The molecular formula is C7H13N3O. The van der Waals surface area contributed by atoms with Crippen molar-refractivity contribution in [1.82, 2.24) is 11.1 Å². The van der Waals surface area contributed by atoms with Gasteiger partial charge in [-0.05, 0) is 5.56 Å². The average molecular weight is 155 g/mol. The van der Waals surface area contributed by atoms with Crippen molar-refractivity contribution < 1.29 is 4.74 Å². The first kappa shape index (κ1) is 9.87. The van der Waals surface area contributed by atoms with E-state index in [9.17, 15) is 0 Å². The van der Waals surface area contributed by atoms with E-state index in [1.165, 1.54) is 0 Å². The summed E-state index contributed by atoms with van der Waals surface area (Å²) in [5, 5.41) is 0. The second-order valence-electron chi connectivity index (χ2n) is 1.91. The lowest BCUT2D eigenvalue weighted by Crippen LogP contribution is -1.97. The third-order valence-corrected chi connectivity index (χ3v) is 1.24. The SMILES string of the molecule is COc1ccc(CN)cn1.N. The van der Waals surface area contributed by atoms with E-state index in [2.05, 4.69) is 4.98 Å². The standard InChI is InChI=1S/C7H10N2O.H3N/c1-10-7-3-2-6(4-8)5-9-7;/h2-3,5H,4,8H2,1H3;1H3. The van der Waals surface area contributed by atoms with Gasteiger partial charge in [-0.2, -0.15) is 0 Å². The summed E-state index contributed by atoms with van der Waals surface area (Å²) in [5.74, 6) is 0.622. The Labute approximate surface area is 66.0 Å². The van der Waals surface area contributed by atoms with Crippen LogP contribution in [0.15, 0.2) is 18.3 Å². The minimum atomic E-state index is 0. The highest BCUT2D eigenvalue weighted by Crippen LogP contribution is 2.04. The van der Waals surface area contributed by atoms with Gasteiger partial charge in [0.05, 0.1) is 7.11 Å². The first-order valence-corrected chi connectivity index (χ1v) is 3.06. The fourth-order valence-corrected chi connectivity index (χ4v) is 0.652. The van der Waals surface area contributed by atoms with Crippen LogP contribution in [0.4, 0.5) is 0 Å². The van der Waals surface area contributed by atoms with Gasteiger partial charge in [-0.15, -0.1) is 0 Å². The monoisotopic (exact) mass is 155 g/mol. The molecule has 1 rings (SSSR count). The summed E-state index contributed by atoms with van der Waals surface area (Å²) in [6.45, 7) is 0.525. The molecule has 0 aliphatic heterocycles. The van der Waals surface area contributed by atoms with Crippen LogP contribution in [0.2, 0.25) is 0 Å². The van der Waals surface area contributed by atoms with E-state index in [1.807, 2.05) is 6.07 Å². The maximum atomic E-state index is 5.36. The highest BCUT2D eigenvalue weighted by atomic mass is 16.5. The third-order valence-electron chi connectivity index (χ3n) is 1.24. The van der Waals surface area contributed by atoms with E-state index >= 15 is 0 Å². The number of pyridine rings is 1. The predicted octanol–water partition coefficient (Wildman–Crippen LogP) is 0.711. The van der Waals surface area contributed by atoms with Crippen molar-refractivity contribution >= 4 is 0 Å². The highest BCUT2D eigenvalue weighted by Gasteiger charge is 1.90. The van der Waals surface area contributed by atoms with Crippen LogP contribution in [0.5, 0.6) is 5.88 Å². The fourth-order valence-electron chi connectivity index (χ4n) is 0.652. The molecule has 1 aromatic heterocycles. The molecule has 0 spiro atoms. The Morgan fingerprint density at radius 3 is 2.64 bits per heavy atom. The maximum Gasteiger partial charge on any atom is 0.212 e. The Hall–Kier alpha value is -1.13. The van der Waals surface area contributed by atoms with Crippen LogP contribution in [-0.2, 0) is 6.54 Å². The molecule has 0 saturated heterocycles. The van der Waals surface area contributed by atoms with Crippen LogP contribution in [0.3, 0.4) is 0 Å². The molecule has 5 N–H and O–H groups in total. The number of methoxy groups -OCH3 is 1. The second-order valence-corrected chi connectivity index (χ2v) is 1.91. The molecule has 62 valence electrons. The largest absolute Gasteiger partial charge is 0.481 e. The molecule has 0 aromatic carbocycles. The topological polar surface area (TPSA) is 83.1 Å². The zero-order valence-corrected chi connectivity index (χ0v) is 6.58. The van der Waals surface area contributed by atoms with Crippen LogP contribution in [0.25, 0.3) is 0 Å². The highest BCUT2D eigenvalue weighted by molar-refractivity contribution is 5.17. The molecule has 0 radical (unpaired) electrons.